The van der Waals surface area contributed by atoms with Crippen LogP contribution in [0.4, 0.5) is 0 Å². The lowest BCUT2D eigenvalue weighted by Crippen LogP contribution is -2.12. The van der Waals surface area contributed by atoms with E-state index in [4.69, 9.17) is 15.2 Å². The molecule has 3 N–H and O–H groups in total. The number of ether oxygens (including phenoxy) is 2. The zero-order chi connectivity index (χ0) is 18.2. The Morgan fingerprint density at radius 2 is 1.19 bits per heavy atom. The molecule has 0 radical (unpaired) electrons. The van der Waals surface area contributed by atoms with E-state index >= 15 is 0 Å². The molecule has 0 fully saturated rings. The molecule has 1 atom stereocenters. The molecule has 0 aliphatic heterocycles. The Morgan fingerprint density at radius 1 is 0.731 bits per heavy atom. The molecule has 0 spiro atoms. The first-order chi connectivity index (χ1) is 12.7. The summed E-state index contributed by atoms with van der Waals surface area (Å²) in [6.07, 6.45) is -0.755. The smallest absolute Gasteiger partial charge is 0.123 e. The lowest BCUT2D eigenvalue weighted by atomic mass is 10.1. The van der Waals surface area contributed by atoms with Gasteiger partial charge >= 0.3 is 0 Å². The Morgan fingerprint density at radius 3 is 1.62 bits per heavy atom. The van der Waals surface area contributed by atoms with E-state index in [0.29, 0.717) is 30.3 Å². The Balaban J connectivity index is 1.74. The van der Waals surface area contributed by atoms with Crippen LogP contribution in [0.15, 0.2) is 78.9 Å². The van der Waals surface area contributed by atoms with Crippen LogP contribution < -0.4 is 15.2 Å². The lowest BCUT2D eigenvalue weighted by molar-refractivity contribution is 0.185. The van der Waals surface area contributed by atoms with Gasteiger partial charge in [-0.1, -0.05) is 60.7 Å². The first-order valence-corrected chi connectivity index (χ1v) is 8.61. The Labute approximate surface area is 153 Å². The first kappa shape index (κ1) is 18.0. The highest BCUT2D eigenvalue weighted by molar-refractivity contribution is 5.40. The fraction of sp³-hybridized carbons (Fsp3) is 0.182. The molecule has 26 heavy (non-hydrogen) atoms. The summed E-state index contributed by atoms with van der Waals surface area (Å²) < 4.78 is 11.8. The number of hydrogen-bond donors (Lipinski definition) is 2. The molecular formula is C22H23NO3. The maximum atomic E-state index is 10.1. The van der Waals surface area contributed by atoms with Gasteiger partial charge in [-0.25, -0.2) is 0 Å². The Bertz CT molecular complexity index is 744. The summed E-state index contributed by atoms with van der Waals surface area (Å²) in [7, 11) is 0. The van der Waals surface area contributed by atoms with Crippen molar-refractivity contribution in [2.24, 2.45) is 5.73 Å². The Hall–Kier alpha value is -2.82. The second-order valence-electron chi connectivity index (χ2n) is 6.04. The van der Waals surface area contributed by atoms with Crippen LogP contribution in [0.3, 0.4) is 0 Å². The van der Waals surface area contributed by atoms with Crippen molar-refractivity contribution in [2.45, 2.75) is 19.3 Å². The van der Waals surface area contributed by atoms with Gasteiger partial charge < -0.3 is 20.3 Å². The third-order valence-electron chi connectivity index (χ3n) is 4.01. The number of hydrogen-bond acceptors (Lipinski definition) is 4. The molecule has 1 unspecified atom stereocenters. The van der Waals surface area contributed by atoms with E-state index in [-0.39, 0.29) is 6.54 Å². The molecular weight excluding hydrogens is 326 g/mol. The molecule has 0 aliphatic rings. The highest BCUT2D eigenvalue weighted by atomic mass is 16.5. The molecule has 3 aromatic carbocycles. The standard InChI is InChI=1S/C22H23NO3/c23-14-22(24)19-11-20(25-15-17-7-3-1-4-8-17)13-21(12-19)26-16-18-9-5-2-6-10-18/h1-13,22,24H,14-16,23H2. The lowest BCUT2D eigenvalue weighted by Gasteiger charge is -2.15. The average molecular weight is 349 g/mol. The van der Waals surface area contributed by atoms with Crippen LogP contribution in [0.2, 0.25) is 0 Å². The van der Waals surface area contributed by atoms with Crippen molar-refractivity contribution in [2.75, 3.05) is 6.54 Å². The van der Waals surface area contributed by atoms with E-state index in [0.717, 1.165) is 11.1 Å². The minimum atomic E-state index is -0.755. The van der Waals surface area contributed by atoms with Crippen LogP contribution in [-0.4, -0.2) is 11.7 Å². The highest BCUT2D eigenvalue weighted by Gasteiger charge is 2.10. The monoisotopic (exact) mass is 349 g/mol. The maximum Gasteiger partial charge on any atom is 0.123 e. The zero-order valence-corrected chi connectivity index (χ0v) is 14.5. The SMILES string of the molecule is NCC(O)c1cc(OCc2ccccc2)cc(OCc2ccccc2)c1. The summed E-state index contributed by atoms with van der Waals surface area (Å²) in [5.74, 6) is 1.28. The summed E-state index contributed by atoms with van der Waals surface area (Å²) >= 11 is 0. The van der Waals surface area contributed by atoms with E-state index in [1.165, 1.54) is 0 Å². The molecule has 3 rings (SSSR count). The molecule has 3 aromatic rings. The van der Waals surface area contributed by atoms with Gasteiger partial charge in [-0.15, -0.1) is 0 Å². The van der Waals surface area contributed by atoms with Gasteiger partial charge in [-0.3, -0.25) is 0 Å². The third kappa shape index (κ3) is 5.09. The van der Waals surface area contributed by atoms with Crippen molar-refractivity contribution in [1.82, 2.24) is 0 Å². The van der Waals surface area contributed by atoms with Crippen molar-refractivity contribution < 1.29 is 14.6 Å². The molecule has 4 heteroatoms. The van der Waals surface area contributed by atoms with Crippen LogP contribution in [0, 0.1) is 0 Å². The molecule has 4 nitrogen and oxygen atoms in total. The summed E-state index contributed by atoms with van der Waals surface area (Å²) in [4.78, 5) is 0. The largest absolute Gasteiger partial charge is 0.489 e. The number of rotatable bonds is 8. The predicted molar refractivity (Wildman–Crippen MR) is 102 cm³/mol. The number of benzene rings is 3. The van der Waals surface area contributed by atoms with Crippen molar-refractivity contribution in [3.8, 4) is 11.5 Å². The van der Waals surface area contributed by atoms with Gasteiger partial charge in [0.2, 0.25) is 0 Å². The van der Waals surface area contributed by atoms with E-state index in [2.05, 4.69) is 0 Å². The van der Waals surface area contributed by atoms with Crippen molar-refractivity contribution in [3.05, 3.63) is 95.6 Å². The minimum Gasteiger partial charge on any atom is -0.489 e. The number of nitrogens with two attached hydrogens (primary N) is 1. The van der Waals surface area contributed by atoms with Gasteiger partial charge in [0.25, 0.3) is 0 Å². The highest BCUT2D eigenvalue weighted by Crippen LogP contribution is 2.28. The fourth-order valence-corrected chi connectivity index (χ4v) is 2.57. The normalized spacial score (nSPS) is 11.8. The maximum absolute atomic E-state index is 10.1. The van der Waals surface area contributed by atoms with E-state index in [1.54, 1.807) is 12.1 Å². The summed E-state index contributed by atoms with van der Waals surface area (Å²) in [5, 5.41) is 10.1. The average Bonchev–Trinajstić information content (AvgIpc) is 2.71. The Kier molecular flexibility index (Phi) is 6.25. The van der Waals surface area contributed by atoms with E-state index < -0.39 is 6.10 Å². The van der Waals surface area contributed by atoms with E-state index in [9.17, 15) is 5.11 Å². The number of aliphatic hydroxyl groups is 1. The van der Waals surface area contributed by atoms with Gasteiger partial charge in [-0.2, -0.15) is 0 Å². The molecule has 0 bridgehead atoms. The summed E-state index contributed by atoms with van der Waals surface area (Å²) in [6, 6.07) is 25.3. The van der Waals surface area contributed by atoms with E-state index in [1.807, 2.05) is 66.7 Å². The molecule has 0 aliphatic carbocycles. The van der Waals surface area contributed by atoms with Crippen LogP contribution in [0.1, 0.15) is 22.8 Å². The second-order valence-corrected chi connectivity index (χ2v) is 6.04. The van der Waals surface area contributed by atoms with Gasteiger partial charge in [-0.05, 0) is 28.8 Å². The minimum absolute atomic E-state index is 0.139. The fourth-order valence-electron chi connectivity index (χ4n) is 2.57. The molecule has 0 saturated carbocycles. The van der Waals surface area contributed by atoms with Crippen LogP contribution in [0.25, 0.3) is 0 Å². The third-order valence-corrected chi connectivity index (χ3v) is 4.01. The zero-order valence-electron chi connectivity index (χ0n) is 14.5. The van der Waals surface area contributed by atoms with Crippen molar-refractivity contribution in [3.63, 3.8) is 0 Å². The molecule has 0 saturated heterocycles. The van der Waals surface area contributed by atoms with Gasteiger partial charge in [0, 0.05) is 12.6 Å². The number of aliphatic hydroxyl groups excluding tert-OH is 1. The van der Waals surface area contributed by atoms with Crippen LogP contribution in [-0.2, 0) is 13.2 Å². The predicted octanol–water partition coefficient (Wildman–Crippen LogP) is 3.84. The molecule has 0 aromatic heterocycles. The first-order valence-electron chi connectivity index (χ1n) is 8.61. The molecule has 0 amide bonds. The van der Waals surface area contributed by atoms with Crippen molar-refractivity contribution in [1.29, 1.82) is 0 Å². The van der Waals surface area contributed by atoms with Crippen LogP contribution in [0.5, 0.6) is 11.5 Å². The molecule has 134 valence electrons. The quantitative estimate of drug-likeness (QED) is 0.648. The van der Waals surface area contributed by atoms with Gasteiger partial charge in [0.1, 0.15) is 24.7 Å². The summed E-state index contributed by atoms with van der Waals surface area (Å²) in [6.45, 7) is 1.03. The summed E-state index contributed by atoms with van der Waals surface area (Å²) in [5.41, 5.74) is 8.43. The van der Waals surface area contributed by atoms with Gasteiger partial charge in [0.05, 0.1) is 6.10 Å². The van der Waals surface area contributed by atoms with Crippen molar-refractivity contribution >= 4 is 0 Å². The topological polar surface area (TPSA) is 64.7 Å². The van der Waals surface area contributed by atoms with Gasteiger partial charge in [0.15, 0.2) is 0 Å². The van der Waals surface area contributed by atoms with Crippen LogP contribution >= 0.6 is 0 Å². The second kappa shape index (κ2) is 9.04. The molecule has 0 heterocycles.